The van der Waals surface area contributed by atoms with Crippen LogP contribution in [0.5, 0.6) is 0 Å². The maximum absolute atomic E-state index is 13.4. The van der Waals surface area contributed by atoms with Gasteiger partial charge in [0.15, 0.2) is 5.69 Å². The number of fused-ring (bicyclic) bond motifs is 1. The molecule has 1 N–H and O–H groups in total. The van der Waals surface area contributed by atoms with Crippen LogP contribution in [0.15, 0.2) is 43.0 Å². The predicted molar refractivity (Wildman–Crippen MR) is 136 cm³/mol. The summed E-state index contributed by atoms with van der Waals surface area (Å²) in [4.78, 5) is 18.0. The van der Waals surface area contributed by atoms with Crippen LogP contribution in [0.2, 0.25) is 0 Å². The van der Waals surface area contributed by atoms with Gasteiger partial charge < -0.3 is 10.2 Å². The minimum atomic E-state index is 0.133. The van der Waals surface area contributed by atoms with Crippen molar-refractivity contribution in [3.63, 3.8) is 0 Å². The molecular formula is C28H39N5O. The Morgan fingerprint density at radius 2 is 1.79 bits per heavy atom. The maximum atomic E-state index is 13.4. The quantitative estimate of drug-likeness (QED) is 0.637. The summed E-state index contributed by atoms with van der Waals surface area (Å²) in [5, 5.41) is 8.77. The van der Waals surface area contributed by atoms with Crippen LogP contribution in [0.25, 0.3) is 0 Å². The van der Waals surface area contributed by atoms with Crippen molar-refractivity contribution in [1.82, 2.24) is 24.9 Å². The first kappa shape index (κ1) is 23.3. The van der Waals surface area contributed by atoms with Gasteiger partial charge in [-0.15, -0.1) is 6.58 Å². The molecule has 6 nitrogen and oxygen atoms in total. The monoisotopic (exact) mass is 461 g/mol. The number of hydrogen-bond acceptors (Lipinski definition) is 4. The number of amides is 1. The Balaban J connectivity index is 1.21. The zero-order valence-electron chi connectivity index (χ0n) is 20.4. The highest BCUT2D eigenvalue weighted by molar-refractivity contribution is 5.94. The van der Waals surface area contributed by atoms with Gasteiger partial charge in [-0.2, -0.15) is 5.10 Å². The summed E-state index contributed by atoms with van der Waals surface area (Å²) in [7, 11) is 0. The van der Waals surface area contributed by atoms with E-state index < -0.39 is 0 Å². The van der Waals surface area contributed by atoms with Crippen molar-refractivity contribution in [3.8, 4) is 0 Å². The second kappa shape index (κ2) is 10.9. The third-order valence-corrected chi connectivity index (χ3v) is 7.80. The molecule has 3 heterocycles. The minimum absolute atomic E-state index is 0.133. The number of benzene rings is 1. The van der Waals surface area contributed by atoms with Crippen molar-refractivity contribution in [1.29, 1.82) is 0 Å². The van der Waals surface area contributed by atoms with Gasteiger partial charge in [-0.1, -0.05) is 36.4 Å². The normalized spacial score (nSPS) is 21.9. The van der Waals surface area contributed by atoms with Crippen molar-refractivity contribution < 1.29 is 4.79 Å². The Labute approximate surface area is 204 Å². The molecule has 0 spiro atoms. The lowest BCUT2D eigenvalue weighted by Gasteiger charge is -2.36. The highest BCUT2D eigenvalue weighted by atomic mass is 16.2. The van der Waals surface area contributed by atoms with Crippen molar-refractivity contribution in [3.05, 3.63) is 65.5 Å². The summed E-state index contributed by atoms with van der Waals surface area (Å²) < 4.78 is 2.03. The van der Waals surface area contributed by atoms with Gasteiger partial charge >= 0.3 is 0 Å². The summed E-state index contributed by atoms with van der Waals surface area (Å²) in [6.45, 7) is 9.63. The number of nitrogens with one attached hydrogen (secondary N) is 1. The molecule has 2 aromatic rings. The highest BCUT2D eigenvalue weighted by Gasteiger charge is 2.32. The number of hydrogen-bond donors (Lipinski definition) is 1. The number of allylic oxidation sites excluding steroid dienone is 1. The molecule has 2 saturated heterocycles. The molecule has 1 aliphatic carbocycles. The van der Waals surface area contributed by atoms with E-state index >= 15 is 0 Å². The first-order valence-corrected chi connectivity index (χ1v) is 13.2. The molecular weight excluding hydrogens is 422 g/mol. The topological polar surface area (TPSA) is 53.4 Å². The lowest BCUT2D eigenvalue weighted by Crippen LogP contribution is -2.47. The summed E-state index contributed by atoms with van der Waals surface area (Å²) in [5.74, 6) is 0.133. The molecule has 182 valence electrons. The molecule has 1 aromatic carbocycles. The fourth-order valence-electron chi connectivity index (χ4n) is 5.95. The van der Waals surface area contributed by atoms with Crippen LogP contribution >= 0.6 is 0 Å². The van der Waals surface area contributed by atoms with Crippen molar-refractivity contribution in [2.75, 3.05) is 26.2 Å². The zero-order chi connectivity index (χ0) is 23.3. The van der Waals surface area contributed by atoms with Crippen LogP contribution < -0.4 is 5.32 Å². The van der Waals surface area contributed by atoms with Crippen molar-refractivity contribution in [2.45, 2.75) is 76.5 Å². The molecule has 0 saturated carbocycles. The lowest BCUT2D eigenvalue weighted by atomic mass is 9.89. The van der Waals surface area contributed by atoms with Gasteiger partial charge in [-0.25, -0.2) is 0 Å². The predicted octanol–water partition coefficient (Wildman–Crippen LogP) is 3.81. The van der Waals surface area contributed by atoms with E-state index in [1.807, 2.05) is 15.7 Å². The maximum Gasteiger partial charge on any atom is 0.274 e. The van der Waals surface area contributed by atoms with Gasteiger partial charge in [0.25, 0.3) is 5.91 Å². The second-order valence-electron chi connectivity index (χ2n) is 10.2. The minimum Gasteiger partial charge on any atom is -0.337 e. The molecule has 1 aromatic heterocycles. The SMILES string of the molecule is C=CCn1nc(C(=O)N2CCCCC2)c2c1CCC(NC1CCN(Cc3ccccc3)CC1)C2. The molecule has 0 bridgehead atoms. The summed E-state index contributed by atoms with van der Waals surface area (Å²) in [6, 6.07) is 11.8. The van der Waals surface area contributed by atoms with E-state index in [0.29, 0.717) is 24.3 Å². The van der Waals surface area contributed by atoms with Crippen LogP contribution in [-0.4, -0.2) is 63.8 Å². The van der Waals surface area contributed by atoms with Crippen molar-refractivity contribution >= 4 is 5.91 Å². The molecule has 34 heavy (non-hydrogen) atoms. The van der Waals surface area contributed by atoms with E-state index in [-0.39, 0.29) is 5.91 Å². The largest absolute Gasteiger partial charge is 0.337 e. The first-order valence-electron chi connectivity index (χ1n) is 13.2. The number of nitrogens with zero attached hydrogens (tertiary/aromatic N) is 4. The molecule has 3 aliphatic rings. The molecule has 1 amide bonds. The number of aromatic nitrogens is 2. The highest BCUT2D eigenvalue weighted by Crippen LogP contribution is 2.28. The lowest BCUT2D eigenvalue weighted by molar-refractivity contribution is 0.0716. The number of carbonyl (C=O) groups excluding carboxylic acids is 1. The summed E-state index contributed by atoms with van der Waals surface area (Å²) in [5.41, 5.74) is 4.53. The first-order chi connectivity index (χ1) is 16.7. The van der Waals surface area contributed by atoms with Gasteiger partial charge in [0.1, 0.15) is 0 Å². The van der Waals surface area contributed by atoms with Crippen LogP contribution in [-0.2, 0) is 25.9 Å². The third kappa shape index (κ3) is 5.28. The average Bonchev–Trinajstić information content (AvgIpc) is 3.24. The van der Waals surface area contributed by atoms with Crippen LogP contribution in [0.3, 0.4) is 0 Å². The van der Waals surface area contributed by atoms with E-state index in [9.17, 15) is 4.79 Å². The molecule has 6 heteroatoms. The standard InChI is InChI=1S/C28H39N5O/c1-2-15-33-26-12-11-24(20-25(26)27(30-33)28(34)32-16-7-4-8-17-32)29-23-13-18-31(19-14-23)21-22-9-5-3-6-10-22/h2-3,5-6,9-10,23-24,29H,1,4,7-8,11-21H2. The van der Waals surface area contributed by atoms with E-state index in [1.54, 1.807) is 0 Å². The van der Waals surface area contributed by atoms with Crippen LogP contribution in [0, 0.1) is 0 Å². The Bertz CT molecular complexity index is 970. The molecule has 1 atom stereocenters. The number of likely N-dealkylation sites (tertiary alicyclic amines) is 2. The molecule has 5 rings (SSSR count). The molecule has 1 unspecified atom stereocenters. The molecule has 2 fully saturated rings. The van der Waals surface area contributed by atoms with Gasteiger partial charge in [-0.05, 0) is 70.0 Å². The fourth-order valence-corrected chi connectivity index (χ4v) is 5.95. The number of rotatable bonds is 7. The summed E-state index contributed by atoms with van der Waals surface area (Å²) in [6.07, 6.45) is 10.7. The number of piperidine rings is 2. The third-order valence-electron chi connectivity index (χ3n) is 7.80. The fraction of sp³-hybridized carbons (Fsp3) is 0.571. The number of carbonyl (C=O) groups is 1. The second-order valence-corrected chi connectivity index (χ2v) is 10.2. The van der Waals surface area contributed by atoms with Gasteiger partial charge in [0.2, 0.25) is 0 Å². The Kier molecular flexibility index (Phi) is 7.45. The molecule has 2 aliphatic heterocycles. The van der Waals surface area contributed by atoms with Crippen LogP contribution in [0.4, 0.5) is 0 Å². The van der Waals surface area contributed by atoms with Crippen molar-refractivity contribution in [2.24, 2.45) is 0 Å². The van der Waals surface area contributed by atoms with Gasteiger partial charge in [0.05, 0.1) is 6.54 Å². The smallest absolute Gasteiger partial charge is 0.274 e. The van der Waals surface area contributed by atoms with Gasteiger partial charge in [-0.3, -0.25) is 14.4 Å². The Morgan fingerprint density at radius 3 is 2.53 bits per heavy atom. The zero-order valence-corrected chi connectivity index (χ0v) is 20.4. The van der Waals surface area contributed by atoms with E-state index in [4.69, 9.17) is 5.10 Å². The Hall–Kier alpha value is -2.44. The van der Waals surface area contributed by atoms with E-state index in [1.165, 1.54) is 36.1 Å². The van der Waals surface area contributed by atoms with Gasteiger partial charge in [0, 0.05) is 43.0 Å². The Morgan fingerprint density at radius 1 is 1.03 bits per heavy atom. The average molecular weight is 462 g/mol. The van der Waals surface area contributed by atoms with Crippen LogP contribution in [0.1, 0.15) is 65.8 Å². The van der Waals surface area contributed by atoms with E-state index in [0.717, 1.165) is 64.8 Å². The summed E-state index contributed by atoms with van der Waals surface area (Å²) >= 11 is 0. The van der Waals surface area contributed by atoms with E-state index in [2.05, 4.69) is 47.1 Å². The molecule has 0 radical (unpaired) electrons.